The first-order chi connectivity index (χ1) is 10.9. The Balaban J connectivity index is 1.82. The summed E-state index contributed by atoms with van der Waals surface area (Å²) in [6.45, 7) is 7.12. The summed E-state index contributed by atoms with van der Waals surface area (Å²) < 4.78 is 0.998. The first-order valence-electron chi connectivity index (χ1n) is 7.75. The number of nitrogens with one attached hydrogen (secondary N) is 2. The lowest BCUT2D eigenvalue weighted by atomic mass is 9.87. The molecule has 0 aliphatic rings. The maximum absolute atomic E-state index is 12.0. The fourth-order valence-corrected chi connectivity index (χ4v) is 2.62. The summed E-state index contributed by atoms with van der Waals surface area (Å²) >= 11 is 3.48. The van der Waals surface area contributed by atoms with Crippen molar-refractivity contribution in [3.05, 3.63) is 58.6 Å². The molecule has 0 aliphatic carbocycles. The number of carbonyl (C=O) groups is 1. The molecule has 2 rings (SSSR count). The average Bonchev–Trinajstić information content (AvgIpc) is 2.49. The van der Waals surface area contributed by atoms with E-state index in [4.69, 9.17) is 0 Å². The monoisotopic (exact) mass is 374 g/mol. The van der Waals surface area contributed by atoms with Gasteiger partial charge in [0.25, 0.3) is 0 Å². The third-order valence-corrected chi connectivity index (χ3v) is 4.27. The van der Waals surface area contributed by atoms with Gasteiger partial charge in [0.05, 0.1) is 0 Å². The van der Waals surface area contributed by atoms with Crippen LogP contribution in [0.15, 0.2) is 53.0 Å². The molecule has 0 fully saturated rings. The molecule has 3 nitrogen and oxygen atoms in total. The summed E-state index contributed by atoms with van der Waals surface area (Å²) in [6.07, 6.45) is 0.419. The first-order valence-corrected chi connectivity index (χ1v) is 8.54. The zero-order valence-electron chi connectivity index (χ0n) is 13.8. The molecule has 0 saturated carbocycles. The molecule has 0 aromatic heterocycles. The average molecular weight is 375 g/mol. The van der Waals surface area contributed by atoms with Gasteiger partial charge < -0.3 is 10.6 Å². The van der Waals surface area contributed by atoms with Crippen molar-refractivity contribution >= 4 is 33.2 Å². The van der Waals surface area contributed by atoms with Crippen LogP contribution in [0.2, 0.25) is 0 Å². The Labute approximate surface area is 146 Å². The SMILES string of the molecule is CC(C)(C)c1ccc(NC(=O)CCNc2ccccc2Br)cc1. The molecule has 0 saturated heterocycles. The number of benzene rings is 2. The normalized spacial score (nSPS) is 11.1. The highest BCUT2D eigenvalue weighted by molar-refractivity contribution is 9.10. The minimum absolute atomic E-state index is 0.00747. The van der Waals surface area contributed by atoms with Crippen molar-refractivity contribution in [1.82, 2.24) is 0 Å². The molecule has 4 heteroatoms. The van der Waals surface area contributed by atoms with Gasteiger partial charge in [0.15, 0.2) is 0 Å². The van der Waals surface area contributed by atoms with Crippen LogP contribution in [-0.2, 0) is 10.2 Å². The molecule has 0 atom stereocenters. The Morgan fingerprint density at radius 1 is 1.04 bits per heavy atom. The van der Waals surface area contributed by atoms with E-state index < -0.39 is 0 Å². The largest absolute Gasteiger partial charge is 0.384 e. The molecule has 0 aliphatic heterocycles. The Bertz CT molecular complexity index is 660. The van der Waals surface area contributed by atoms with Gasteiger partial charge in [-0.15, -0.1) is 0 Å². The fraction of sp³-hybridized carbons (Fsp3) is 0.316. The van der Waals surface area contributed by atoms with Crippen LogP contribution in [0.3, 0.4) is 0 Å². The van der Waals surface area contributed by atoms with Crippen molar-refractivity contribution in [2.24, 2.45) is 0 Å². The van der Waals surface area contributed by atoms with Gasteiger partial charge in [-0.25, -0.2) is 0 Å². The van der Waals surface area contributed by atoms with Crippen LogP contribution in [0, 0.1) is 0 Å². The van der Waals surface area contributed by atoms with Gasteiger partial charge >= 0.3 is 0 Å². The molecule has 1 amide bonds. The van der Waals surface area contributed by atoms with Crippen LogP contribution in [0.25, 0.3) is 0 Å². The third-order valence-electron chi connectivity index (χ3n) is 3.58. The second-order valence-electron chi connectivity index (χ2n) is 6.53. The molecular formula is C19H23BrN2O. The standard InChI is InChI=1S/C19H23BrN2O/c1-19(2,3)14-8-10-15(11-9-14)22-18(23)12-13-21-17-7-5-4-6-16(17)20/h4-11,21H,12-13H2,1-3H3,(H,22,23). The van der Waals surface area contributed by atoms with Crippen LogP contribution >= 0.6 is 15.9 Å². The van der Waals surface area contributed by atoms with E-state index in [1.165, 1.54) is 5.56 Å². The fourth-order valence-electron chi connectivity index (χ4n) is 2.19. The zero-order valence-corrected chi connectivity index (χ0v) is 15.4. The van der Waals surface area contributed by atoms with E-state index in [0.717, 1.165) is 15.8 Å². The van der Waals surface area contributed by atoms with Crippen LogP contribution in [0.5, 0.6) is 0 Å². The highest BCUT2D eigenvalue weighted by atomic mass is 79.9. The van der Waals surface area contributed by atoms with E-state index in [1.54, 1.807) is 0 Å². The topological polar surface area (TPSA) is 41.1 Å². The first kappa shape index (κ1) is 17.5. The van der Waals surface area contributed by atoms with Crippen molar-refractivity contribution in [1.29, 1.82) is 0 Å². The molecule has 0 radical (unpaired) electrons. The third kappa shape index (κ3) is 5.39. The van der Waals surface area contributed by atoms with E-state index in [-0.39, 0.29) is 11.3 Å². The van der Waals surface area contributed by atoms with Gasteiger partial charge in [-0.2, -0.15) is 0 Å². The molecule has 122 valence electrons. The second kappa shape index (κ2) is 7.64. The zero-order chi connectivity index (χ0) is 16.9. The van der Waals surface area contributed by atoms with E-state index in [1.807, 2.05) is 36.4 Å². The van der Waals surface area contributed by atoms with Crippen molar-refractivity contribution < 1.29 is 4.79 Å². The van der Waals surface area contributed by atoms with Gasteiger partial charge in [-0.3, -0.25) is 4.79 Å². The predicted molar refractivity (Wildman–Crippen MR) is 101 cm³/mol. The van der Waals surface area contributed by atoms with Crippen LogP contribution in [0.1, 0.15) is 32.8 Å². The van der Waals surface area contributed by atoms with E-state index in [9.17, 15) is 4.79 Å². The number of halogens is 1. The van der Waals surface area contributed by atoms with Crippen molar-refractivity contribution in [2.75, 3.05) is 17.2 Å². The number of para-hydroxylation sites is 1. The summed E-state index contributed by atoms with van der Waals surface area (Å²) in [5, 5.41) is 6.18. The van der Waals surface area contributed by atoms with Crippen molar-refractivity contribution in [2.45, 2.75) is 32.6 Å². The van der Waals surface area contributed by atoms with E-state index in [0.29, 0.717) is 13.0 Å². The summed E-state index contributed by atoms with van der Waals surface area (Å²) in [7, 11) is 0. The Morgan fingerprint density at radius 3 is 2.30 bits per heavy atom. The molecule has 0 bridgehead atoms. The van der Waals surface area contributed by atoms with Crippen molar-refractivity contribution in [3.8, 4) is 0 Å². The van der Waals surface area contributed by atoms with Gasteiger partial charge in [-0.05, 0) is 51.2 Å². The highest BCUT2D eigenvalue weighted by Gasteiger charge is 2.13. The Hall–Kier alpha value is -1.81. The summed E-state index contributed by atoms with van der Waals surface area (Å²) in [5.41, 5.74) is 3.21. The minimum Gasteiger partial charge on any atom is -0.384 e. The molecule has 2 N–H and O–H groups in total. The summed E-state index contributed by atoms with van der Waals surface area (Å²) in [4.78, 5) is 12.0. The molecule has 0 spiro atoms. The molecular weight excluding hydrogens is 352 g/mol. The van der Waals surface area contributed by atoms with Crippen molar-refractivity contribution in [3.63, 3.8) is 0 Å². The van der Waals surface area contributed by atoms with E-state index >= 15 is 0 Å². The molecule has 2 aromatic rings. The van der Waals surface area contributed by atoms with Crippen LogP contribution < -0.4 is 10.6 Å². The maximum Gasteiger partial charge on any atom is 0.226 e. The predicted octanol–water partition coefficient (Wildman–Crippen LogP) is 5.19. The lowest BCUT2D eigenvalue weighted by molar-refractivity contribution is -0.115. The molecule has 23 heavy (non-hydrogen) atoms. The molecule has 0 heterocycles. The number of rotatable bonds is 5. The van der Waals surface area contributed by atoms with E-state index in [2.05, 4.69) is 59.5 Å². The molecule has 2 aromatic carbocycles. The minimum atomic E-state index is 0.00747. The lowest BCUT2D eigenvalue weighted by Crippen LogP contribution is -2.16. The number of hydrogen-bond acceptors (Lipinski definition) is 2. The van der Waals surface area contributed by atoms with Crippen LogP contribution in [-0.4, -0.2) is 12.5 Å². The second-order valence-corrected chi connectivity index (χ2v) is 7.39. The lowest BCUT2D eigenvalue weighted by Gasteiger charge is -2.19. The Kier molecular flexibility index (Phi) is 5.83. The maximum atomic E-state index is 12.0. The summed E-state index contributed by atoms with van der Waals surface area (Å²) in [6, 6.07) is 15.9. The van der Waals surface area contributed by atoms with Crippen LogP contribution in [0.4, 0.5) is 11.4 Å². The quantitative estimate of drug-likeness (QED) is 0.755. The Morgan fingerprint density at radius 2 is 1.70 bits per heavy atom. The number of amides is 1. The summed E-state index contributed by atoms with van der Waals surface area (Å²) in [5.74, 6) is 0.00747. The number of carbonyl (C=O) groups excluding carboxylic acids is 1. The van der Waals surface area contributed by atoms with Gasteiger partial charge in [0, 0.05) is 28.8 Å². The number of anilines is 2. The van der Waals surface area contributed by atoms with Gasteiger partial charge in [0.1, 0.15) is 0 Å². The highest BCUT2D eigenvalue weighted by Crippen LogP contribution is 2.23. The number of hydrogen-bond donors (Lipinski definition) is 2. The van der Waals surface area contributed by atoms with Gasteiger partial charge in [-0.1, -0.05) is 45.0 Å². The molecule has 0 unspecified atom stereocenters. The smallest absolute Gasteiger partial charge is 0.226 e. The van der Waals surface area contributed by atoms with Gasteiger partial charge in [0.2, 0.25) is 5.91 Å².